The Bertz CT molecular complexity index is 909. The van der Waals surface area contributed by atoms with Gasteiger partial charge in [0.25, 0.3) is 5.91 Å². The van der Waals surface area contributed by atoms with E-state index in [4.69, 9.17) is 0 Å². The van der Waals surface area contributed by atoms with Gasteiger partial charge in [-0.3, -0.25) is 4.79 Å². The van der Waals surface area contributed by atoms with Crippen molar-refractivity contribution in [3.05, 3.63) is 58.1 Å². The second-order valence-electron chi connectivity index (χ2n) is 5.91. The molecule has 140 valence electrons. The number of carbonyl (C=O) groups excluding carboxylic acids is 1. The molecular formula is C19H23BrN2O3S. The molecule has 0 aromatic heterocycles. The molecule has 0 heterocycles. The Morgan fingerprint density at radius 3 is 2.31 bits per heavy atom. The number of hydrogen-bond donors (Lipinski definition) is 0. The van der Waals surface area contributed by atoms with Gasteiger partial charge in [-0.2, -0.15) is 4.31 Å². The highest BCUT2D eigenvalue weighted by molar-refractivity contribution is 9.10. The lowest BCUT2D eigenvalue weighted by Gasteiger charge is -2.21. The molecule has 2 aromatic carbocycles. The Morgan fingerprint density at radius 2 is 1.73 bits per heavy atom. The quantitative estimate of drug-likeness (QED) is 0.682. The Labute approximate surface area is 163 Å². The summed E-state index contributed by atoms with van der Waals surface area (Å²) >= 11 is 3.41. The number of hydrogen-bond acceptors (Lipinski definition) is 3. The van der Waals surface area contributed by atoms with Crippen molar-refractivity contribution < 1.29 is 13.2 Å². The van der Waals surface area contributed by atoms with Crippen LogP contribution in [0.2, 0.25) is 0 Å². The standard InChI is InChI=1S/C19H23BrN2O3S/c1-5-22(6-2)26(24,25)17-9-7-8-15(13-17)19(23)21(4)18-11-10-16(20)12-14(18)3/h7-13H,5-6H2,1-4H3. The topological polar surface area (TPSA) is 57.7 Å². The number of sulfonamides is 1. The lowest BCUT2D eigenvalue weighted by atomic mass is 10.1. The maximum atomic E-state index is 12.9. The smallest absolute Gasteiger partial charge is 0.258 e. The lowest BCUT2D eigenvalue weighted by molar-refractivity contribution is 0.0992. The number of benzene rings is 2. The molecule has 0 aliphatic heterocycles. The van der Waals surface area contributed by atoms with Crippen LogP contribution in [0, 0.1) is 6.92 Å². The largest absolute Gasteiger partial charge is 0.311 e. The first-order chi connectivity index (χ1) is 12.2. The third-order valence-electron chi connectivity index (χ3n) is 4.25. The Balaban J connectivity index is 2.39. The average Bonchev–Trinajstić information content (AvgIpc) is 2.61. The molecule has 5 nitrogen and oxygen atoms in total. The number of nitrogens with zero attached hydrogens (tertiary/aromatic N) is 2. The minimum absolute atomic E-state index is 0.132. The lowest BCUT2D eigenvalue weighted by Crippen LogP contribution is -2.31. The fourth-order valence-corrected chi connectivity index (χ4v) is 4.78. The molecule has 2 aromatic rings. The number of carbonyl (C=O) groups is 1. The van der Waals surface area contributed by atoms with Gasteiger partial charge in [-0.25, -0.2) is 8.42 Å². The molecule has 0 bridgehead atoms. The van der Waals surface area contributed by atoms with Crippen molar-refractivity contribution >= 4 is 37.5 Å². The van der Waals surface area contributed by atoms with Crippen LogP contribution < -0.4 is 4.90 Å². The van der Waals surface area contributed by atoms with E-state index in [0.29, 0.717) is 18.7 Å². The van der Waals surface area contributed by atoms with E-state index in [9.17, 15) is 13.2 Å². The molecule has 26 heavy (non-hydrogen) atoms. The third-order valence-corrected chi connectivity index (χ3v) is 6.79. The van der Waals surface area contributed by atoms with Crippen LogP contribution in [0.5, 0.6) is 0 Å². The van der Waals surface area contributed by atoms with E-state index in [0.717, 1.165) is 15.7 Å². The van der Waals surface area contributed by atoms with Gasteiger partial charge in [0.1, 0.15) is 0 Å². The van der Waals surface area contributed by atoms with Crippen LogP contribution in [0.1, 0.15) is 29.8 Å². The maximum Gasteiger partial charge on any atom is 0.258 e. The van der Waals surface area contributed by atoms with Gasteiger partial charge in [0.2, 0.25) is 10.0 Å². The molecule has 7 heteroatoms. The molecule has 0 atom stereocenters. The molecule has 0 fully saturated rings. The normalized spacial score (nSPS) is 11.6. The zero-order valence-electron chi connectivity index (χ0n) is 15.4. The fourth-order valence-electron chi connectivity index (χ4n) is 2.80. The highest BCUT2D eigenvalue weighted by Gasteiger charge is 2.23. The monoisotopic (exact) mass is 438 g/mol. The van der Waals surface area contributed by atoms with Crippen LogP contribution >= 0.6 is 15.9 Å². The summed E-state index contributed by atoms with van der Waals surface area (Å²) in [6.07, 6.45) is 0. The van der Waals surface area contributed by atoms with Gasteiger partial charge >= 0.3 is 0 Å². The van der Waals surface area contributed by atoms with Crippen molar-refractivity contribution in [3.8, 4) is 0 Å². The van der Waals surface area contributed by atoms with E-state index in [2.05, 4.69) is 15.9 Å². The maximum absolute atomic E-state index is 12.9. The second-order valence-corrected chi connectivity index (χ2v) is 8.77. The zero-order chi connectivity index (χ0) is 19.5. The highest BCUT2D eigenvalue weighted by atomic mass is 79.9. The molecule has 0 spiro atoms. The number of aryl methyl sites for hydroxylation is 1. The summed E-state index contributed by atoms with van der Waals surface area (Å²) in [5, 5.41) is 0. The van der Waals surface area contributed by atoms with Gasteiger partial charge in [-0.15, -0.1) is 0 Å². The van der Waals surface area contributed by atoms with Crippen LogP contribution in [-0.4, -0.2) is 38.8 Å². The van der Waals surface area contributed by atoms with Gasteiger partial charge in [0.15, 0.2) is 0 Å². The minimum atomic E-state index is -3.60. The van der Waals surface area contributed by atoms with Crippen molar-refractivity contribution in [2.45, 2.75) is 25.7 Å². The van der Waals surface area contributed by atoms with E-state index in [1.165, 1.54) is 21.3 Å². The predicted molar refractivity (Wildman–Crippen MR) is 108 cm³/mol. The number of amides is 1. The van der Waals surface area contributed by atoms with E-state index >= 15 is 0 Å². The van der Waals surface area contributed by atoms with Gasteiger partial charge < -0.3 is 4.90 Å². The number of anilines is 1. The zero-order valence-corrected chi connectivity index (χ0v) is 17.8. The second kappa shape index (κ2) is 8.33. The molecular weight excluding hydrogens is 416 g/mol. The van der Waals surface area contributed by atoms with Crippen LogP contribution in [0.3, 0.4) is 0 Å². The van der Waals surface area contributed by atoms with E-state index in [-0.39, 0.29) is 10.8 Å². The molecule has 0 aliphatic rings. The van der Waals surface area contributed by atoms with Crippen LogP contribution in [0.15, 0.2) is 51.8 Å². The predicted octanol–water partition coefficient (Wildman–Crippen LogP) is 4.06. The average molecular weight is 439 g/mol. The van der Waals surface area contributed by atoms with Crippen molar-refractivity contribution in [2.75, 3.05) is 25.0 Å². The molecule has 0 unspecified atom stereocenters. The van der Waals surface area contributed by atoms with Crippen LogP contribution in [-0.2, 0) is 10.0 Å². The molecule has 0 radical (unpaired) electrons. The fraction of sp³-hybridized carbons (Fsp3) is 0.316. The first-order valence-electron chi connectivity index (χ1n) is 8.36. The summed E-state index contributed by atoms with van der Waals surface area (Å²) in [4.78, 5) is 14.5. The molecule has 1 amide bonds. The first kappa shape index (κ1) is 20.6. The third kappa shape index (κ3) is 4.16. The summed E-state index contributed by atoms with van der Waals surface area (Å²) in [6.45, 7) is 6.27. The van der Waals surface area contributed by atoms with Gasteiger partial charge in [0.05, 0.1) is 4.90 Å². The summed E-state index contributed by atoms with van der Waals surface area (Å²) in [6, 6.07) is 11.9. The Hall–Kier alpha value is -1.70. The molecule has 2 rings (SSSR count). The first-order valence-corrected chi connectivity index (χ1v) is 10.6. The van der Waals surface area contributed by atoms with E-state index in [1.807, 2.05) is 25.1 Å². The van der Waals surface area contributed by atoms with Crippen molar-refractivity contribution in [3.63, 3.8) is 0 Å². The van der Waals surface area contributed by atoms with Crippen molar-refractivity contribution in [1.29, 1.82) is 0 Å². The van der Waals surface area contributed by atoms with Crippen molar-refractivity contribution in [1.82, 2.24) is 4.31 Å². The molecule has 0 N–H and O–H groups in total. The van der Waals surface area contributed by atoms with Crippen LogP contribution in [0.25, 0.3) is 0 Å². The Morgan fingerprint density at radius 1 is 1.08 bits per heavy atom. The SMILES string of the molecule is CCN(CC)S(=O)(=O)c1cccc(C(=O)N(C)c2ccc(Br)cc2C)c1. The highest BCUT2D eigenvalue weighted by Crippen LogP contribution is 2.25. The van der Waals surface area contributed by atoms with Crippen LogP contribution in [0.4, 0.5) is 5.69 Å². The van der Waals surface area contributed by atoms with E-state index < -0.39 is 10.0 Å². The minimum Gasteiger partial charge on any atom is -0.311 e. The summed E-state index contributed by atoms with van der Waals surface area (Å²) in [7, 11) is -1.92. The number of halogens is 1. The molecule has 0 saturated heterocycles. The molecule has 0 aliphatic carbocycles. The summed E-state index contributed by atoms with van der Waals surface area (Å²) in [5.74, 6) is -0.257. The summed E-state index contributed by atoms with van der Waals surface area (Å²) < 4.78 is 27.7. The number of rotatable bonds is 6. The van der Waals surface area contributed by atoms with E-state index in [1.54, 1.807) is 33.0 Å². The van der Waals surface area contributed by atoms with Gasteiger partial charge in [-0.05, 0) is 48.9 Å². The van der Waals surface area contributed by atoms with Gasteiger partial charge in [-0.1, -0.05) is 35.8 Å². The van der Waals surface area contributed by atoms with Gasteiger partial charge in [0, 0.05) is 35.9 Å². The Kier molecular flexibility index (Phi) is 6.60. The van der Waals surface area contributed by atoms with Crippen molar-refractivity contribution in [2.24, 2.45) is 0 Å². The molecule has 0 saturated carbocycles. The summed E-state index contributed by atoms with van der Waals surface area (Å²) in [5.41, 5.74) is 2.06.